The van der Waals surface area contributed by atoms with Gasteiger partial charge in [-0.05, 0) is 36.1 Å². The molecule has 2 rings (SSSR count). The highest BCUT2D eigenvalue weighted by atomic mass is 32.2. The number of unbranched alkanes of at least 4 members (excludes halogenated alkanes) is 1. The lowest BCUT2D eigenvalue weighted by atomic mass is 10.0. The number of carboxylic acid groups (broad SMARTS) is 1. The average Bonchev–Trinajstić information content (AvgIpc) is 2.90. The van der Waals surface area contributed by atoms with Crippen molar-refractivity contribution in [3.8, 4) is 11.5 Å². The minimum atomic E-state index is -1.32. The van der Waals surface area contributed by atoms with Crippen molar-refractivity contribution < 1.29 is 24.2 Å². The smallest absolute Gasteiger partial charge is 0.266 e. The van der Waals surface area contributed by atoms with E-state index in [-0.39, 0.29) is 10.2 Å². The number of carbonyl (C=O) groups excluding carboxylic acids is 2. The maximum atomic E-state index is 12.8. The number of carboxylic acids is 1. The number of rotatable bonds is 9. The molecule has 0 bridgehead atoms. The van der Waals surface area contributed by atoms with E-state index in [0.29, 0.717) is 23.0 Å². The summed E-state index contributed by atoms with van der Waals surface area (Å²) in [5, 5.41) is 11.5. The quantitative estimate of drug-likeness (QED) is 0.344. The van der Waals surface area contributed by atoms with Gasteiger partial charge in [0.05, 0.1) is 30.6 Å². The molecule has 1 heterocycles. The number of benzene rings is 1. The van der Waals surface area contributed by atoms with E-state index in [0.717, 1.165) is 35.1 Å². The highest BCUT2D eigenvalue weighted by molar-refractivity contribution is 8.26. The zero-order chi connectivity index (χ0) is 20.8. The summed E-state index contributed by atoms with van der Waals surface area (Å²) in [6.07, 6.45) is 3.65. The van der Waals surface area contributed by atoms with Crippen molar-refractivity contribution in [1.29, 1.82) is 0 Å². The standard InChI is InChI=1S/C20H25NO5S2/c1-5-6-9-26-14-8-7-13(10-15(14)25-4)11-16-18(22)21(20(27)28-16)17(12(2)3)19(23)24/h7-8,10-12,17H,5-6,9H2,1-4H3,(H,23,24)/p-1/b16-11+/t17-/m0/s1. The predicted molar refractivity (Wildman–Crippen MR) is 112 cm³/mol. The van der Waals surface area contributed by atoms with Crippen LogP contribution < -0.4 is 14.6 Å². The Kier molecular flexibility index (Phi) is 7.88. The molecular formula is C20H24NO5S2-. The van der Waals surface area contributed by atoms with Crippen LogP contribution in [0.2, 0.25) is 0 Å². The number of hydrogen-bond donors (Lipinski definition) is 0. The maximum absolute atomic E-state index is 12.8. The maximum Gasteiger partial charge on any atom is 0.266 e. The third-order valence-corrected chi connectivity index (χ3v) is 5.55. The Labute approximate surface area is 174 Å². The molecule has 1 amide bonds. The first-order chi connectivity index (χ1) is 13.3. The SMILES string of the molecule is CCCCOc1ccc(/C=C2/SC(=S)N([C@H](C(=O)[O-])C(C)C)C2=O)cc1OC. The lowest BCUT2D eigenvalue weighted by Gasteiger charge is -2.30. The van der Waals surface area contributed by atoms with Crippen LogP contribution in [0.1, 0.15) is 39.2 Å². The van der Waals surface area contributed by atoms with Gasteiger partial charge in [-0.2, -0.15) is 0 Å². The molecular weight excluding hydrogens is 398 g/mol. The number of nitrogens with zero attached hydrogens (tertiary/aromatic N) is 1. The second-order valence-electron chi connectivity index (χ2n) is 6.67. The lowest BCUT2D eigenvalue weighted by Crippen LogP contribution is -2.52. The molecule has 1 fully saturated rings. The number of thiocarbonyl (C=S) groups is 1. The van der Waals surface area contributed by atoms with E-state index in [9.17, 15) is 14.7 Å². The average molecular weight is 423 g/mol. The van der Waals surface area contributed by atoms with Crippen LogP contribution in [-0.4, -0.2) is 40.9 Å². The summed E-state index contributed by atoms with van der Waals surface area (Å²) < 4.78 is 11.3. The van der Waals surface area contributed by atoms with Gasteiger partial charge in [0.25, 0.3) is 5.91 Å². The summed E-state index contributed by atoms with van der Waals surface area (Å²) in [5.41, 5.74) is 0.731. The molecule has 152 valence electrons. The predicted octanol–water partition coefficient (Wildman–Crippen LogP) is 2.85. The van der Waals surface area contributed by atoms with E-state index in [1.54, 1.807) is 39.2 Å². The van der Waals surface area contributed by atoms with Crippen LogP contribution in [-0.2, 0) is 9.59 Å². The molecule has 0 aromatic heterocycles. The molecule has 1 atom stereocenters. The first kappa shape index (κ1) is 22.2. The van der Waals surface area contributed by atoms with Gasteiger partial charge in [0.1, 0.15) is 4.32 Å². The minimum absolute atomic E-state index is 0.214. The molecule has 8 heteroatoms. The van der Waals surface area contributed by atoms with Gasteiger partial charge in [0.2, 0.25) is 0 Å². The molecule has 0 spiro atoms. The molecule has 0 N–H and O–H groups in total. The van der Waals surface area contributed by atoms with Crippen LogP contribution in [0.15, 0.2) is 23.1 Å². The van der Waals surface area contributed by atoms with Gasteiger partial charge >= 0.3 is 0 Å². The number of hydrogen-bond acceptors (Lipinski definition) is 7. The Morgan fingerprint density at radius 3 is 2.64 bits per heavy atom. The summed E-state index contributed by atoms with van der Waals surface area (Å²) in [7, 11) is 1.55. The molecule has 1 aromatic carbocycles. The largest absolute Gasteiger partial charge is 0.548 e. The molecule has 28 heavy (non-hydrogen) atoms. The van der Waals surface area contributed by atoms with Crippen LogP contribution in [0.3, 0.4) is 0 Å². The van der Waals surface area contributed by atoms with E-state index in [4.69, 9.17) is 21.7 Å². The zero-order valence-electron chi connectivity index (χ0n) is 16.4. The Bertz CT molecular complexity index is 791. The second kappa shape index (κ2) is 9.93. The van der Waals surface area contributed by atoms with E-state index in [1.165, 1.54) is 0 Å². The van der Waals surface area contributed by atoms with E-state index >= 15 is 0 Å². The van der Waals surface area contributed by atoms with Crippen LogP contribution in [0, 0.1) is 5.92 Å². The molecule has 0 unspecified atom stereocenters. The summed E-state index contributed by atoms with van der Waals surface area (Å²) in [6, 6.07) is 4.28. The van der Waals surface area contributed by atoms with Crippen molar-refractivity contribution in [2.75, 3.05) is 13.7 Å². The number of carbonyl (C=O) groups is 2. The highest BCUT2D eigenvalue weighted by Crippen LogP contribution is 2.36. The molecule has 0 radical (unpaired) electrons. The molecule has 1 aliphatic heterocycles. The summed E-state index contributed by atoms with van der Waals surface area (Å²) >= 11 is 6.33. The van der Waals surface area contributed by atoms with E-state index in [1.807, 2.05) is 6.07 Å². The summed E-state index contributed by atoms with van der Waals surface area (Å²) in [5.74, 6) is -0.873. The third-order valence-electron chi connectivity index (χ3n) is 4.22. The summed E-state index contributed by atoms with van der Waals surface area (Å²) in [6.45, 7) is 6.12. The second-order valence-corrected chi connectivity index (χ2v) is 8.35. The Morgan fingerprint density at radius 1 is 1.36 bits per heavy atom. The Morgan fingerprint density at radius 2 is 2.07 bits per heavy atom. The fourth-order valence-electron chi connectivity index (χ4n) is 2.77. The van der Waals surface area contributed by atoms with E-state index in [2.05, 4.69) is 6.92 Å². The van der Waals surface area contributed by atoms with Crippen molar-refractivity contribution in [3.05, 3.63) is 28.7 Å². The van der Waals surface area contributed by atoms with Gasteiger partial charge in [-0.25, -0.2) is 0 Å². The monoisotopic (exact) mass is 422 g/mol. The third kappa shape index (κ3) is 5.05. The highest BCUT2D eigenvalue weighted by Gasteiger charge is 2.39. The topological polar surface area (TPSA) is 78.9 Å². The van der Waals surface area contributed by atoms with Gasteiger partial charge in [0.15, 0.2) is 11.5 Å². The van der Waals surface area contributed by atoms with Gasteiger partial charge in [-0.15, -0.1) is 0 Å². The van der Waals surface area contributed by atoms with Crippen molar-refractivity contribution in [1.82, 2.24) is 4.90 Å². The van der Waals surface area contributed by atoms with Crippen molar-refractivity contribution in [2.24, 2.45) is 5.92 Å². The Hall–Kier alpha value is -2.06. The van der Waals surface area contributed by atoms with Crippen LogP contribution >= 0.6 is 24.0 Å². The molecule has 0 saturated carbocycles. The number of amides is 1. The van der Waals surface area contributed by atoms with E-state index < -0.39 is 17.9 Å². The van der Waals surface area contributed by atoms with Gasteiger partial charge in [0, 0.05) is 0 Å². The van der Waals surface area contributed by atoms with Crippen LogP contribution in [0.4, 0.5) is 0 Å². The normalized spacial score (nSPS) is 16.8. The van der Waals surface area contributed by atoms with Gasteiger partial charge in [-0.1, -0.05) is 57.2 Å². The zero-order valence-corrected chi connectivity index (χ0v) is 18.0. The minimum Gasteiger partial charge on any atom is -0.548 e. The summed E-state index contributed by atoms with van der Waals surface area (Å²) in [4.78, 5) is 25.7. The number of methoxy groups -OCH3 is 1. The van der Waals surface area contributed by atoms with Crippen LogP contribution in [0.25, 0.3) is 6.08 Å². The number of thioether (sulfide) groups is 1. The van der Waals surface area contributed by atoms with Gasteiger partial charge in [-0.3, -0.25) is 9.69 Å². The fraction of sp³-hybridized carbons (Fsp3) is 0.450. The lowest BCUT2D eigenvalue weighted by molar-refractivity contribution is -0.311. The molecule has 1 saturated heterocycles. The molecule has 1 aliphatic rings. The number of ether oxygens (including phenoxy) is 2. The van der Waals surface area contributed by atoms with Crippen LogP contribution in [0.5, 0.6) is 11.5 Å². The fourth-order valence-corrected chi connectivity index (χ4v) is 4.10. The van der Waals surface area contributed by atoms with Crippen molar-refractivity contribution >= 4 is 46.3 Å². The number of aliphatic carboxylic acids is 1. The van der Waals surface area contributed by atoms with Gasteiger partial charge < -0.3 is 19.4 Å². The van der Waals surface area contributed by atoms with Crippen molar-refractivity contribution in [2.45, 2.75) is 39.7 Å². The molecule has 1 aromatic rings. The first-order valence-electron chi connectivity index (χ1n) is 9.08. The first-order valence-corrected chi connectivity index (χ1v) is 10.3. The van der Waals surface area contributed by atoms with Crippen molar-refractivity contribution in [3.63, 3.8) is 0 Å². The Balaban J connectivity index is 2.27. The molecule has 6 nitrogen and oxygen atoms in total. The molecule has 0 aliphatic carbocycles.